The Balaban J connectivity index is 1.85. The van der Waals surface area contributed by atoms with Gasteiger partial charge in [-0.2, -0.15) is 0 Å². The van der Waals surface area contributed by atoms with Crippen molar-refractivity contribution in [2.45, 2.75) is 59.7 Å². The highest BCUT2D eigenvalue weighted by Crippen LogP contribution is 2.23. The van der Waals surface area contributed by atoms with Gasteiger partial charge in [-0.1, -0.05) is 19.9 Å². The minimum Gasteiger partial charge on any atom is -0.308 e. The molecule has 0 saturated carbocycles. The summed E-state index contributed by atoms with van der Waals surface area (Å²) >= 11 is 0. The Morgan fingerprint density at radius 1 is 1.24 bits per heavy atom. The lowest BCUT2D eigenvalue weighted by atomic mass is 9.88. The Bertz CT molecular complexity index is 433. The second-order valence-electron chi connectivity index (χ2n) is 7.74. The molecule has 2 atom stereocenters. The monoisotopic (exact) mass is 289 g/mol. The molecule has 0 radical (unpaired) electrons. The third kappa shape index (κ3) is 5.40. The quantitative estimate of drug-likeness (QED) is 0.920. The molecule has 1 saturated heterocycles. The number of rotatable bonds is 4. The molecule has 0 bridgehead atoms. The molecule has 118 valence electrons. The van der Waals surface area contributed by atoms with Crippen LogP contribution in [0.15, 0.2) is 18.3 Å². The van der Waals surface area contributed by atoms with Gasteiger partial charge >= 0.3 is 0 Å². The third-order valence-electron chi connectivity index (χ3n) is 4.51. The van der Waals surface area contributed by atoms with Crippen LogP contribution in [0, 0.1) is 11.8 Å². The van der Waals surface area contributed by atoms with E-state index >= 15 is 0 Å². The van der Waals surface area contributed by atoms with Crippen molar-refractivity contribution in [3.8, 4) is 0 Å². The Morgan fingerprint density at radius 2 is 2.00 bits per heavy atom. The van der Waals surface area contributed by atoms with Crippen molar-refractivity contribution < 1.29 is 0 Å². The van der Waals surface area contributed by atoms with Crippen LogP contribution in [-0.2, 0) is 13.1 Å². The van der Waals surface area contributed by atoms with Gasteiger partial charge in [0.1, 0.15) is 0 Å². The summed E-state index contributed by atoms with van der Waals surface area (Å²) in [6.07, 6.45) is 3.33. The highest BCUT2D eigenvalue weighted by Gasteiger charge is 2.22. The van der Waals surface area contributed by atoms with E-state index in [1.54, 1.807) is 0 Å². The van der Waals surface area contributed by atoms with Gasteiger partial charge in [0.25, 0.3) is 0 Å². The molecular formula is C18H31N3. The van der Waals surface area contributed by atoms with Crippen LogP contribution < -0.4 is 5.32 Å². The average Bonchev–Trinajstić information content (AvgIpc) is 2.41. The summed E-state index contributed by atoms with van der Waals surface area (Å²) in [6.45, 7) is 15.6. The van der Waals surface area contributed by atoms with Crippen molar-refractivity contribution in [3.05, 3.63) is 29.6 Å². The molecule has 1 aliphatic heterocycles. The number of hydrogen-bond donors (Lipinski definition) is 1. The number of nitrogens with zero attached hydrogens (tertiary/aromatic N) is 2. The van der Waals surface area contributed by atoms with E-state index in [0.717, 1.165) is 24.9 Å². The molecule has 21 heavy (non-hydrogen) atoms. The first kappa shape index (κ1) is 16.4. The fourth-order valence-electron chi connectivity index (χ4n) is 2.74. The summed E-state index contributed by atoms with van der Waals surface area (Å²) in [5.41, 5.74) is 2.60. The van der Waals surface area contributed by atoms with Crippen molar-refractivity contribution in [3.63, 3.8) is 0 Å². The molecule has 0 spiro atoms. The van der Waals surface area contributed by atoms with Crippen molar-refractivity contribution in [2.24, 2.45) is 11.8 Å². The first-order valence-electron chi connectivity index (χ1n) is 8.25. The summed E-state index contributed by atoms with van der Waals surface area (Å²) in [6, 6.07) is 4.39. The summed E-state index contributed by atoms with van der Waals surface area (Å²) in [5.74, 6) is 1.66. The van der Waals surface area contributed by atoms with E-state index in [2.05, 4.69) is 62.0 Å². The first-order chi connectivity index (χ1) is 9.83. The molecule has 1 aromatic heterocycles. The Hall–Kier alpha value is -0.930. The van der Waals surface area contributed by atoms with E-state index in [4.69, 9.17) is 0 Å². The molecule has 2 unspecified atom stereocenters. The predicted octanol–water partition coefficient (Wildman–Crippen LogP) is 3.45. The van der Waals surface area contributed by atoms with E-state index in [9.17, 15) is 0 Å². The molecule has 0 aromatic carbocycles. The lowest BCUT2D eigenvalue weighted by molar-refractivity contribution is 0.131. The van der Waals surface area contributed by atoms with Crippen molar-refractivity contribution in [1.29, 1.82) is 0 Å². The number of likely N-dealkylation sites (tertiary alicyclic amines) is 1. The van der Waals surface area contributed by atoms with Crippen LogP contribution in [-0.4, -0.2) is 28.5 Å². The third-order valence-corrected chi connectivity index (χ3v) is 4.51. The van der Waals surface area contributed by atoms with Gasteiger partial charge in [0.05, 0.1) is 5.69 Å². The summed E-state index contributed by atoms with van der Waals surface area (Å²) in [4.78, 5) is 7.18. The van der Waals surface area contributed by atoms with Crippen LogP contribution in [0.2, 0.25) is 0 Å². The lowest BCUT2D eigenvalue weighted by Crippen LogP contribution is -2.38. The zero-order valence-corrected chi connectivity index (χ0v) is 14.3. The van der Waals surface area contributed by atoms with E-state index in [-0.39, 0.29) is 5.54 Å². The molecule has 3 nitrogen and oxygen atoms in total. The number of pyridine rings is 1. The molecule has 1 fully saturated rings. The minimum absolute atomic E-state index is 0.152. The molecule has 0 aliphatic carbocycles. The molecule has 0 amide bonds. The van der Waals surface area contributed by atoms with Gasteiger partial charge in [-0.25, -0.2) is 0 Å². The highest BCUT2D eigenvalue weighted by atomic mass is 15.1. The maximum atomic E-state index is 4.64. The molecule has 3 heteroatoms. The zero-order valence-electron chi connectivity index (χ0n) is 14.3. The van der Waals surface area contributed by atoms with Crippen molar-refractivity contribution in [2.75, 3.05) is 13.1 Å². The Morgan fingerprint density at radius 3 is 2.57 bits per heavy atom. The number of aromatic nitrogens is 1. The fourth-order valence-corrected chi connectivity index (χ4v) is 2.74. The maximum Gasteiger partial charge on any atom is 0.0544 e. The lowest BCUT2D eigenvalue weighted by Gasteiger charge is -2.35. The second kappa shape index (κ2) is 6.89. The molecule has 2 heterocycles. The molecule has 1 N–H and O–H groups in total. The van der Waals surface area contributed by atoms with E-state index in [1.807, 2.05) is 6.20 Å². The number of nitrogens with one attached hydrogen (secondary N) is 1. The number of hydrogen-bond acceptors (Lipinski definition) is 3. The summed E-state index contributed by atoms with van der Waals surface area (Å²) in [5, 5.41) is 3.50. The van der Waals surface area contributed by atoms with Gasteiger partial charge in [0.2, 0.25) is 0 Å². The van der Waals surface area contributed by atoms with Gasteiger partial charge in [0, 0.05) is 31.4 Å². The minimum atomic E-state index is 0.152. The molecular weight excluding hydrogens is 258 g/mol. The van der Waals surface area contributed by atoms with Crippen LogP contribution in [0.5, 0.6) is 0 Å². The summed E-state index contributed by atoms with van der Waals surface area (Å²) < 4.78 is 0. The molecule has 1 aliphatic rings. The van der Waals surface area contributed by atoms with Crippen LogP contribution in [0.3, 0.4) is 0 Å². The average molecular weight is 289 g/mol. The molecule has 1 aromatic rings. The van der Waals surface area contributed by atoms with E-state index in [0.29, 0.717) is 0 Å². The fraction of sp³-hybridized carbons (Fsp3) is 0.722. The van der Waals surface area contributed by atoms with Crippen LogP contribution >= 0.6 is 0 Å². The van der Waals surface area contributed by atoms with E-state index < -0.39 is 0 Å². The predicted molar refractivity (Wildman–Crippen MR) is 89.1 cm³/mol. The SMILES string of the molecule is CC1CCN(Cc2ccc(CNC(C)(C)C)cn2)CC1C. The van der Waals surface area contributed by atoms with Crippen molar-refractivity contribution in [1.82, 2.24) is 15.2 Å². The smallest absolute Gasteiger partial charge is 0.0544 e. The van der Waals surface area contributed by atoms with Crippen molar-refractivity contribution >= 4 is 0 Å². The second-order valence-corrected chi connectivity index (χ2v) is 7.74. The standard InChI is InChI=1S/C18H31N3/c1-14-8-9-21(12-15(14)2)13-17-7-6-16(10-19-17)11-20-18(3,4)5/h6-7,10,14-15,20H,8-9,11-13H2,1-5H3. The van der Waals surface area contributed by atoms with Crippen LogP contribution in [0.1, 0.15) is 52.3 Å². The van der Waals surface area contributed by atoms with Crippen LogP contribution in [0.4, 0.5) is 0 Å². The Kier molecular flexibility index (Phi) is 5.39. The van der Waals surface area contributed by atoms with Gasteiger partial charge in [-0.3, -0.25) is 9.88 Å². The van der Waals surface area contributed by atoms with Crippen LogP contribution in [0.25, 0.3) is 0 Å². The largest absolute Gasteiger partial charge is 0.308 e. The maximum absolute atomic E-state index is 4.64. The topological polar surface area (TPSA) is 28.2 Å². The first-order valence-corrected chi connectivity index (χ1v) is 8.25. The van der Waals surface area contributed by atoms with E-state index in [1.165, 1.54) is 30.8 Å². The van der Waals surface area contributed by atoms with Gasteiger partial charge < -0.3 is 5.32 Å². The van der Waals surface area contributed by atoms with Gasteiger partial charge in [0.15, 0.2) is 0 Å². The van der Waals surface area contributed by atoms with Gasteiger partial charge in [-0.15, -0.1) is 0 Å². The zero-order chi connectivity index (χ0) is 15.5. The normalized spacial score (nSPS) is 24.2. The highest BCUT2D eigenvalue weighted by molar-refractivity contribution is 5.14. The number of piperidine rings is 1. The van der Waals surface area contributed by atoms with Gasteiger partial charge in [-0.05, 0) is 57.2 Å². The summed E-state index contributed by atoms with van der Waals surface area (Å²) in [7, 11) is 0. The molecule has 2 rings (SSSR count). The Labute approximate surface area is 130 Å².